The van der Waals surface area contributed by atoms with Crippen LogP contribution >= 0.6 is 22.9 Å². The minimum absolute atomic E-state index is 0.127. The molecule has 32 heavy (non-hydrogen) atoms. The highest BCUT2D eigenvalue weighted by atomic mass is 35.5. The molecule has 2 aromatic heterocycles. The fourth-order valence-corrected chi connectivity index (χ4v) is 4.01. The zero-order chi connectivity index (χ0) is 22.6. The SMILES string of the molecule is C[C@](O)(C#Cc1ccc(CN2CCOCC2)c(Nc2nc(N)ncc2Cl)c1)c1nccs1. The first-order valence-electron chi connectivity index (χ1n) is 10.0. The van der Waals surface area contributed by atoms with Crippen LogP contribution in [0.25, 0.3) is 0 Å². The van der Waals surface area contributed by atoms with Crippen LogP contribution in [0.1, 0.15) is 23.1 Å². The molecule has 4 N–H and O–H groups in total. The molecule has 1 aliphatic heterocycles. The second-order valence-electron chi connectivity index (χ2n) is 7.47. The van der Waals surface area contributed by atoms with Crippen molar-refractivity contribution in [2.75, 3.05) is 37.4 Å². The third-order valence-electron chi connectivity index (χ3n) is 4.92. The van der Waals surface area contributed by atoms with Gasteiger partial charge in [-0.25, -0.2) is 9.97 Å². The van der Waals surface area contributed by atoms with Gasteiger partial charge in [0.1, 0.15) is 10.0 Å². The maximum atomic E-state index is 10.7. The van der Waals surface area contributed by atoms with Crippen molar-refractivity contribution >= 4 is 40.4 Å². The molecule has 166 valence electrons. The third kappa shape index (κ3) is 5.54. The Labute approximate surface area is 195 Å². The Kier molecular flexibility index (Phi) is 6.89. The molecule has 1 atom stereocenters. The van der Waals surface area contributed by atoms with Gasteiger partial charge in [-0.15, -0.1) is 11.3 Å². The smallest absolute Gasteiger partial charge is 0.222 e. The normalized spacial score (nSPS) is 16.1. The number of morpholine rings is 1. The quantitative estimate of drug-likeness (QED) is 0.488. The average Bonchev–Trinajstić information content (AvgIpc) is 3.33. The summed E-state index contributed by atoms with van der Waals surface area (Å²) >= 11 is 7.63. The van der Waals surface area contributed by atoms with E-state index in [2.05, 4.69) is 37.0 Å². The Hall–Kier alpha value is -2.74. The summed E-state index contributed by atoms with van der Waals surface area (Å²) in [5.74, 6) is 6.52. The second kappa shape index (κ2) is 9.81. The van der Waals surface area contributed by atoms with Crippen molar-refractivity contribution < 1.29 is 9.84 Å². The topological polar surface area (TPSA) is 109 Å². The van der Waals surface area contributed by atoms with Crippen molar-refractivity contribution in [2.45, 2.75) is 19.1 Å². The van der Waals surface area contributed by atoms with Crippen molar-refractivity contribution in [3.63, 3.8) is 0 Å². The Morgan fingerprint density at radius 2 is 2.16 bits per heavy atom. The summed E-state index contributed by atoms with van der Waals surface area (Å²) in [5, 5.41) is 16.7. The molecule has 10 heteroatoms. The van der Waals surface area contributed by atoms with E-state index < -0.39 is 5.60 Å². The van der Waals surface area contributed by atoms with E-state index in [1.54, 1.807) is 13.1 Å². The predicted octanol–water partition coefficient (Wildman–Crippen LogP) is 3.00. The lowest BCUT2D eigenvalue weighted by molar-refractivity contribution is 0.0343. The standard InChI is InChI=1S/C22H23ClN6O2S/c1-22(30,20-25-6-11-32-20)5-4-15-2-3-16(14-29-7-9-31-10-8-29)18(12-15)27-19-17(23)13-26-21(24)28-19/h2-3,6,11-13,30H,7-10,14H2,1H3,(H3,24,26,27,28)/t22-/m0/s1. The number of nitrogen functional groups attached to an aromatic ring is 1. The zero-order valence-electron chi connectivity index (χ0n) is 17.5. The van der Waals surface area contributed by atoms with Crippen molar-refractivity contribution in [3.8, 4) is 11.8 Å². The van der Waals surface area contributed by atoms with Gasteiger partial charge >= 0.3 is 0 Å². The number of nitrogens with two attached hydrogens (primary N) is 1. The van der Waals surface area contributed by atoms with Crippen LogP contribution in [0.3, 0.4) is 0 Å². The molecule has 1 aromatic carbocycles. The van der Waals surface area contributed by atoms with Crippen LogP contribution in [0.15, 0.2) is 36.0 Å². The van der Waals surface area contributed by atoms with Crippen LogP contribution in [0.4, 0.5) is 17.5 Å². The highest BCUT2D eigenvalue weighted by Crippen LogP contribution is 2.28. The molecule has 1 saturated heterocycles. The first kappa shape index (κ1) is 22.5. The van der Waals surface area contributed by atoms with E-state index in [9.17, 15) is 5.11 Å². The van der Waals surface area contributed by atoms with Crippen LogP contribution < -0.4 is 11.1 Å². The van der Waals surface area contributed by atoms with Crippen LogP contribution in [0.2, 0.25) is 5.02 Å². The summed E-state index contributed by atoms with van der Waals surface area (Å²) in [6.07, 6.45) is 3.11. The fourth-order valence-electron chi connectivity index (χ4n) is 3.22. The first-order valence-corrected chi connectivity index (χ1v) is 11.3. The number of nitrogens with zero attached hydrogens (tertiary/aromatic N) is 4. The largest absolute Gasteiger partial charge is 0.379 e. The number of halogens is 1. The summed E-state index contributed by atoms with van der Waals surface area (Å²) in [6.45, 7) is 5.51. The molecule has 1 fully saturated rings. The van der Waals surface area contributed by atoms with Gasteiger partial charge in [0.05, 0.1) is 19.4 Å². The van der Waals surface area contributed by atoms with Gasteiger partial charge in [0, 0.05) is 42.5 Å². The minimum Gasteiger partial charge on any atom is -0.379 e. The van der Waals surface area contributed by atoms with Gasteiger partial charge in [-0.3, -0.25) is 4.90 Å². The molecule has 3 heterocycles. The lowest BCUT2D eigenvalue weighted by Gasteiger charge is -2.27. The van der Waals surface area contributed by atoms with Crippen molar-refractivity contribution in [1.29, 1.82) is 0 Å². The molecule has 0 radical (unpaired) electrons. The van der Waals surface area contributed by atoms with E-state index in [1.807, 2.05) is 23.6 Å². The number of aromatic nitrogens is 3. The second-order valence-corrected chi connectivity index (χ2v) is 8.77. The molecule has 8 nitrogen and oxygen atoms in total. The summed E-state index contributed by atoms with van der Waals surface area (Å²) in [5.41, 5.74) is 6.99. The van der Waals surface area contributed by atoms with E-state index in [0.717, 1.165) is 36.4 Å². The van der Waals surface area contributed by atoms with Crippen LogP contribution in [0.5, 0.6) is 0 Å². The Morgan fingerprint density at radius 3 is 2.91 bits per heavy atom. The Balaban J connectivity index is 1.65. The zero-order valence-corrected chi connectivity index (χ0v) is 19.1. The summed E-state index contributed by atoms with van der Waals surface area (Å²) in [7, 11) is 0. The first-order chi connectivity index (χ1) is 15.4. The fraction of sp³-hybridized carbons (Fsp3) is 0.318. The number of ether oxygens (including phenoxy) is 1. The number of hydrogen-bond donors (Lipinski definition) is 3. The molecule has 0 saturated carbocycles. The Morgan fingerprint density at radius 1 is 1.34 bits per heavy atom. The monoisotopic (exact) mass is 470 g/mol. The van der Waals surface area contributed by atoms with E-state index in [4.69, 9.17) is 22.1 Å². The van der Waals surface area contributed by atoms with Gasteiger partial charge in [0.2, 0.25) is 5.95 Å². The van der Waals surface area contributed by atoms with Crippen molar-refractivity contribution in [3.05, 3.63) is 57.1 Å². The van der Waals surface area contributed by atoms with Gasteiger partial charge in [-0.05, 0) is 24.6 Å². The molecular formula is C22H23ClN6O2S. The molecule has 4 rings (SSSR count). The number of hydrogen-bond acceptors (Lipinski definition) is 9. The predicted molar refractivity (Wildman–Crippen MR) is 126 cm³/mol. The van der Waals surface area contributed by atoms with Crippen LogP contribution in [0, 0.1) is 11.8 Å². The number of benzene rings is 1. The van der Waals surface area contributed by atoms with Crippen molar-refractivity contribution in [2.24, 2.45) is 0 Å². The minimum atomic E-state index is -1.33. The lowest BCUT2D eigenvalue weighted by atomic mass is 10.1. The number of aliphatic hydroxyl groups is 1. The maximum absolute atomic E-state index is 10.7. The Bertz CT molecular complexity index is 1140. The molecule has 0 spiro atoms. The molecule has 0 bridgehead atoms. The molecule has 0 unspecified atom stereocenters. The van der Waals surface area contributed by atoms with E-state index in [0.29, 0.717) is 29.1 Å². The van der Waals surface area contributed by atoms with Gasteiger partial charge in [0.15, 0.2) is 11.4 Å². The highest BCUT2D eigenvalue weighted by Gasteiger charge is 2.23. The van der Waals surface area contributed by atoms with Crippen molar-refractivity contribution in [1.82, 2.24) is 19.9 Å². The van der Waals surface area contributed by atoms with Crippen LogP contribution in [-0.2, 0) is 16.9 Å². The third-order valence-corrected chi connectivity index (χ3v) is 6.18. The van der Waals surface area contributed by atoms with Gasteiger partial charge in [-0.1, -0.05) is 29.5 Å². The molecular weight excluding hydrogens is 448 g/mol. The van der Waals surface area contributed by atoms with Gasteiger partial charge in [-0.2, -0.15) is 4.98 Å². The van der Waals surface area contributed by atoms with E-state index >= 15 is 0 Å². The van der Waals surface area contributed by atoms with E-state index in [1.165, 1.54) is 17.5 Å². The summed E-state index contributed by atoms with van der Waals surface area (Å²) in [6, 6.07) is 5.86. The number of thiazole rings is 1. The van der Waals surface area contributed by atoms with Gasteiger partial charge < -0.3 is 20.9 Å². The van der Waals surface area contributed by atoms with Gasteiger partial charge in [0.25, 0.3) is 0 Å². The molecule has 0 aliphatic carbocycles. The summed E-state index contributed by atoms with van der Waals surface area (Å²) < 4.78 is 5.45. The molecule has 3 aromatic rings. The highest BCUT2D eigenvalue weighted by molar-refractivity contribution is 7.09. The number of rotatable bonds is 5. The number of nitrogens with one attached hydrogen (secondary N) is 1. The number of anilines is 3. The summed E-state index contributed by atoms with van der Waals surface area (Å²) in [4.78, 5) is 14.6. The van der Waals surface area contributed by atoms with Crippen LogP contribution in [-0.4, -0.2) is 51.3 Å². The average molecular weight is 471 g/mol. The molecule has 1 aliphatic rings. The maximum Gasteiger partial charge on any atom is 0.222 e. The lowest BCUT2D eigenvalue weighted by Crippen LogP contribution is -2.35. The molecule has 0 amide bonds. The van der Waals surface area contributed by atoms with E-state index in [-0.39, 0.29) is 5.95 Å².